The Kier molecular flexibility index (Phi) is 6.82. The number of benzene rings is 1. The maximum atomic E-state index is 11.2. The number of ether oxygens (including phenoxy) is 1. The Hall–Kier alpha value is -0.590. The number of carbonyl (C=O) groups is 1. The number of amides is 1. The van der Waals surface area contributed by atoms with Gasteiger partial charge in [-0.1, -0.05) is 6.92 Å². The van der Waals surface area contributed by atoms with E-state index in [4.69, 9.17) is 10.5 Å². The molecule has 1 aromatic rings. The van der Waals surface area contributed by atoms with Gasteiger partial charge in [-0.05, 0) is 62.4 Å². The molecule has 0 bridgehead atoms. The lowest BCUT2D eigenvalue weighted by atomic mass is 10.0. The molecular formula is C13H18Br2N2O2. The van der Waals surface area contributed by atoms with Crippen LogP contribution in [0.2, 0.25) is 0 Å². The van der Waals surface area contributed by atoms with Crippen molar-refractivity contribution in [3.63, 3.8) is 0 Å². The van der Waals surface area contributed by atoms with E-state index in [-0.39, 0.29) is 18.6 Å². The average molecular weight is 394 g/mol. The van der Waals surface area contributed by atoms with Crippen molar-refractivity contribution in [2.75, 3.05) is 13.7 Å². The van der Waals surface area contributed by atoms with E-state index in [2.05, 4.69) is 44.1 Å². The van der Waals surface area contributed by atoms with Gasteiger partial charge in [0.2, 0.25) is 0 Å². The number of hydrogen-bond donors (Lipinski definition) is 2. The second kappa shape index (κ2) is 7.87. The van der Waals surface area contributed by atoms with E-state index in [0.717, 1.165) is 27.4 Å². The Balaban J connectivity index is 2.82. The van der Waals surface area contributed by atoms with E-state index in [1.165, 1.54) is 0 Å². The first-order chi connectivity index (χ1) is 8.97. The molecule has 0 aliphatic rings. The maximum absolute atomic E-state index is 11.2. The molecule has 19 heavy (non-hydrogen) atoms. The molecule has 3 N–H and O–H groups in total. The molecule has 0 aliphatic heterocycles. The maximum Gasteiger partial charge on any atom is 0.257 e. The van der Waals surface area contributed by atoms with Gasteiger partial charge in [-0.3, -0.25) is 4.79 Å². The summed E-state index contributed by atoms with van der Waals surface area (Å²) in [5, 5.41) is 2.51. The first-order valence-electron chi connectivity index (χ1n) is 6.04. The number of nitrogens with one attached hydrogen (secondary N) is 1. The fraction of sp³-hybridized carbons (Fsp3) is 0.462. The summed E-state index contributed by atoms with van der Waals surface area (Å²) in [4.78, 5) is 11.2. The van der Waals surface area contributed by atoms with Crippen LogP contribution in [0, 0.1) is 0 Å². The molecule has 1 rings (SSSR count). The molecule has 6 heteroatoms. The molecule has 0 spiro atoms. The minimum atomic E-state index is -0.170. The van der Waals surface area contributed by atoms with Crippen LogP contribution in [-0.4, -0.2) is 25.6 Å². The molecule has 0 aliphatic carbocycles. The quantitative estimate of drug-likeness (QED) is 0.780. The van der Waals surface area contributed by atoms with E-state index in [9.17, 15) is 4.79 Å². The molecule has 0 fully saturated rings. The number of nitrogens with two attached hydrogens (primary N) is 1. The van der Waals surface area contributed by atoms with E-state index in [1.54, 1.807) is 7.05 Å². The molecular weight excluding hydrogens is 376 g/mol. The number of halogens is 2. The second-order valence-electron chi connectivity index (χ2n) is 4.22. The number of carbonyl (C=O) groups excluding carboxylic acids is 1. The zero-order chi connectivity index (χ0) is 14.4. The summed E-state index contributed by atoms with van der Waals surface area (Å²) in [6, 6.07) is 4.09. The third-order valence-corrected chi connectivity index (χ3v) is 3.88. The van der Waals surface area contributed by atoms with E-state index < -0.39 is 0 Å². The van der Waals surface area contributed by atoms with Crippen LogP contribution in [-0.2, 0) is 11.2 Å². The number of likely N-dealkylation sites (N-methyl/N-ethyl adjacent to an activating group) is 1. The van der Waals surface area contributed by atoms with Crippen LogP contribution >= 0.6 is 31.9 Å². The summed E-state index contributed by atoms with van der Waals surface area (Å²) in [6.07, 6.45) is 1.74. The fourth-order valence-electron chi connectivity index (χ4n) is 1.53. The summed E-state index contributed by atoms with van der Waals surface area (Å²) >= 11 is 6.91. The predicted molar refractivity (Wildman–Crippen MR) is 83.4 cm³/mol. The lowest BCUT2D eigenvalue weighted by Gasteiger charge is -2.13. The van der Waals surface area contributed by atoms with E-state index in [0.29, 0.717) is 5.75 Å². The average Bonchev–Trinajstić information content (AvgIpc) is 2.37. The van der Waals surface area contributed by atoms with Crippen molar-refractivity contribution in [3.05, 3.63) is 26.6 Å². The van der Waals surface area contributed by atoms with Gasteiger partial charge in [-0.25, -0.2) is 0 Å². The largest absolute Gasteiger partial charge is 0.481 e. The fourth-order valence-corrected chi connectivity index (χ4v) is 3.04. The van der Waals surface area contributed by atoms with Gasteiger partial charge in [0.05, 0.1) is 8.95 Å². The molecule has 0 radical (unpaired) electrons. The SMILES string of the molecule is CCC(N)Cc1cc(Br)c(OCC(=O)NC)c(Br)c1. The zero-order valence-electron chi connectivity index (χ0n) is 11.0. The van der Waals surface area contributed by atoms with Crippen LogP contribution in [0.25, 0.3) is 0 Å². The summed E-state index contributed by atoms with van der Waals surface area (Å²) in [5.41, 5.74) is 7.07. The second-order valence-corrected chi connectivity index (χ2v) is 5.93. The molecule has 0 saturated heterocycles. The monoisotopic (exact) mass is 392 g/mol. The smallest absolute Gasteiger partial charge is 0.257 e. The summed E-state index contributed by atoms with van der Waals surface area (Å²) in [7, 11) is 1.57. The Bertz CT molecular complexity index is 429. The first kappa shape index (κ1) is 16.5. The van der Waals surface area contributed by atoms with Crippen molar-refractivity contribution in [1.29, 1.82) is 0 Å². The highest BCUT2D eigenvalue weighted by atomic mass is 79.9. The van der Waals surface area contributed by atoms with Crippen LogP contribution in [0.4, 0.5) is 0 Å². The van der Waals surface area contributed by atoms with E-state index in [1.807, 2.05) is 12.1 Å². The Morgan fingerprint density at radius 2 is 2.00 bits per heavy atom. The van der Waals surface area contributed by atoms with Crippen molar-refractivity contribution in [2.45, 2.75) is 25.8 Å². The molecule has 4 nitrogen and oxygen atoms in total. The third kappa shape index (κ3) is 5.12. The molecule has 1 atom stereocenters. The van der Waals surface area contributed by atoms with Gasteiger partial charge in [0.1, 0.15) is 5.75 Å². The van der Waals surface area contributed by atoms with Crippen molar-refractivity contribution >= 4 is 37.8 Å². The highest BCUT2D eigenvalue weighted by Gasteiger charge is 2.12. The van der Waals surface area contributed by atoms with Crippen molar-refractivity contribution in [3.8, 4) is 5.75 Å². The molecule has 0 aromatic heterocycles. The van der Waals surface area contributed by atoms with Crippen LogP contribution in [0.15, 0.2) is 21.1 Å². The molecule has 106 valence electrons. The topological polar surface area (TPSA) is 64.3 Å². The molecule has 1 aromatic carbocycles. The minimum Gasteiger partial charge on any atom is -0.481 e. The predicted octanol–water partition coefficient (Wildman–Crippen LogP) is 2.62. The van der Waals surface area contributed by atoms with Crippen molar-refractivity contribution < 1.29 is 9.53 Å². The summed E-state index contributed by atoms with van der Waals surface area (Å²) < 4.78 is 7.09. The van der Waals surface area contributed by atoms with E-state index >= 15 is 0 Å². The van der Waals surface area contributed by atoms with Crippen LogP contribution < -0.4 is 15.8 Å². The molecule has 1 amide bonds. The standard InChI is InChI=1S/C13H18Br2N2O2/c1-3-9(16)4-8-5-10(14)13(11(15)6-8)19-7-12(18)17-2/h5-6,9H,3-4,7,16H2,1-2H3,(H,17,18). The van der Waals surface area contributed by atoms with Crippen LogP contribution in [0.1, 0.15) is 18.9 Å². The zero-order valence-corrected chi connectivity index (χ0v) is 14.2. The van der Waals surface area contributed by atoms with Crippen molar-refractivity contribution in [2.24, 2.45) is 5.73 Å². The molecule has 1 unspecified atom stereocenters. The normalized spacial score (nSPS) is 12.1. The lowest BCUT2D eigenvalue weighted by molar-refractivity contribution is -0.122. The van der Waals surface area contributed by atoms with Gasteiger partial charge >= 0.3 is 0 Å². The highest BCUT2D eigenvalue weighted by molar-refractivity contribution is 9.11. The highest BCUT2D eigenvalue weighted by Crippen LogP contribution is 2.35. The number of rotatable bonds is 6. The van der Waals surface area contributed by atoms with Gasteiger partial charge < -0.3 is 15.8 Å². The Morgan fingerprint density at radius 1 is 1.42 bits per heavy atom. The van der Waals surface area contributed by atoms with Gasteiger partial charge in [-0.15, -0.1) is 0 Å². The minimum absolute atomic E-state index is 0.0124. The van der Waals surface area contributed by atoms with Gasteiger partial charge in [-0.2, -0.15) is 0 Å². The Labute approximate surface area is 130 Å². The van der Waals surface area contributed by atoms with Gasteiger partial charge in [0.15, 0.2) is 6.61 Å². The van der Waals surface area contributed by atoms with Crippen LogP contribution in [0.5, 0.6) is 5.75 Å². The number of hydrogen-bond acceptors (Lipinski definition) is 3. The van der Waals surface area contributed by atoms with Crippen LogP contribution in [0.3, 0.4) is 0 Å². The van der Waals surface area contributed by atoms with Gasteiger partial charge in [0.25, 0.3) is 5.91 Å². The molecule has 0 heterocycles. The van der Waals surface area contributed by atoms with Gasteiger partial charge in [0, 0.05) is 13.1 Å². The summed E-state index contributed by atoms with van der Waals surface area (Å²) in [6.45, 7) is 2.05. The summed E-state index contributed by atoms with van der Waals surface area (Å²) in [5.74, 6) is 0.452. The Morgan fingerprint density at radius 3 is 2.47 bits per heavy atom. The lowest BCUT2D eigenvalue weighted by Crippen LogP contribution is -2.25. The molecule has 0 saturated carbocycles. The van der Waals surface area contributed by atoms with Crippen molar-refractivity contribution in [1.82, 2.24) is 5.32 Å². The first-order valence-corrected chi connectivity index (χ1v) is 7.63. The third-order valence-electron chi connectivity index (χ3n) is 2.71.